The number of benzene rings is 2. The Morgan fingerprint density at radius 1 is 0.875 bits per heavy atom. The molecule has 2 aromatic rings. The maximum atomic E-state index is 9.84. The topological polar surface area (TPSA) is 68.1 Å². The lowest BCUT2D eigenvalue weighted by Gasteiger charge is -2.20. The molecule has 2 aromatic carbocycles. The molecule has 0 heterocycles. The maximum Gasteiger partial charge on any atom is 0.0780 e. The van der Waals surface area contributed by atoms with E-state index in [2.05, 4.69) is 50.8 Å². The molecular formula is C20H28ClNO2. The molecule has 0 fully saturated rings. The Morgan fingerprint density at radius 2 is 1.46 bits per heavy atom. The van der Waals surface area contributed by atoms with Crippen molar-refractivity contribution in [2.45, 2.75) is 45.8 Å². The second-order valence-corrected chi connectivity index (χ2v) is 6.98. The van der Waals surface area contributed by atoms with Gasteiger partial charge in [-0.05, 0) is 38.8 Å². The molecule has 0 spiro atoms. The quantitative estimate of drug-likeness (QED) is 0.676. The van der Waals surface area contributed by atoms with E-state index in [1.807, 2.05) is 12.1 Å². The van der Waals surface area contributed by atoms with Crippen molar-refractivity contribution in [1.29, 1.82) is 0 Å². The van der Waals surface area contributed by atoms with Gasteiger partial charge in [-0.2, -0.15) is 0 Å². The van der Waals surface area contributed by atoms with Gasteiger partial charge < -0.3 is 28.4 Å². The summed E-state index contributed by atoms with van der Waals surface area (Å²) in [4.78, 5) is 0. The third kappa shape index (κ3) is 4.37. The minimum atomic E-state index is -0.0722. The molecular weight excluding hydrogens is 322 g/mol. The Bertz CT molecular complexity index is 661. The van der Waals surface area contributed by atoms with E-state index in [0.717, 1.165) is 40.8 Å². The van der Waals surface area contributed by atoms with Crippen LogP contribution in [-0.2, 0) is 25.0 Å². The molecule has 3 nitrogen and oxygen atoms in total. The lowest BCUT2D eigenvalue weighted by molar-refractivity contribution is -0.366. The summed E-state index contributed by atoms with van der Waals surface area (Å²) in [5.41, 5.74) is 10.1. The molecule has 24 heavy (non-hydrogen) atoms. The minimum absolute atomic E-state index is 0. The summed E-state index contributed by atoms with van der Waals surface area (Å²) in [6.45, 7) is 7.23. The van der Waals surface area contributed by atoms with Crippen LogP contribution in [0.2, 0.25) is 0 Å². The van der Waals surface area contributed by atoms with Crippen LogP contribution in [0, 0.1) is 0 Å². The van der Waals surface area contributed by atoms with Gasteiger partial charge in [0.05, 0.1) is 19.8 Å². The Labute approximate surface area is 150 Å². The standard InChI is InChI=1S/C20H27NO2.ClH/c1-20(2,3)16-7-4-14(5-8-16)17-9-6-15(10-11-21)18(12-22)19(17)13-23;/h4-9,22-23H,10-13,21H2,1-3H3;1H. The van der Waals surface area contributed by atoms with Crippen LogP contribution in [-0.4, -0.2) is 16.8 Å². The zero-order valence-electron chi connectivity index (χ0n) is 14.8. The molecule has 0 unspecified atom stereocenters. The van der Waals surface area contributed by atoms with Crippen LogP contribution in [0.5, 0.6) is 0 Å². The van der Waals surface area contributed by atoms with Crippen molar-refractivity contribution in [3.63, 3.8) is 0 Å². The number of rotatable bonds is 5. The Kier molecular flexibility index (Phi) is 7.43. The predicted octanol–water partition coefficient (Wildman–Crippen LogP) is -0.576. The smallest absolute Gasteiger partial charge is 0.0780 e. The van der Waals surface area contributed by atoms with Gasteiger partial charge in [-0.3, -0.25) is 0 Å². The first kappa shape index (κ1) is 20.7. The number of hydrogen-bond acceptors (Lipinski definition) is 2. The summed E-state index contributed by atoms with van der Waals surface area (Å²) in [5.74, 6) is 0. The van der Waals surface area contributed by atoms with Crippen molar-refractivity contribution in [3.8, 4) is 11.1 Å². The van der Waals surface area contributed by atoms with Crippen molar-refractivity contribution < 1.29 is 28.4 Å². The molecule has 0 aliphatic carbocycles. The summed E-state index contributed by atoms with van der Waals surface area (Å²) < 4.78 is 0. The van der Waals surface area contributed by atoms with Crippen LogP contribution in [0.1, 0.15) is 43.0 Å². The number of aliphatic hydroxyl groups excluding tert-OH is 2. The molecule has 0 aromatic heterocycles. The van der Waals surface area contributed by atoms with Crippen molar-refractivity contribution in [3.05, 3.63) is 58.7 Å². The molecule has 132 valence electrons. The predicted molar refractivity (Wildman–Crippen MR) is 93.9 cm³/mol. The molecule has 0 bridgehead atoms. The van der Waals surface area contributed by atoms with E-state index < -0.39 is 0 Å². The van der Waals surface area contributed by atoms with E-state index in [9.17, 15) is 10.2 Å². The highest BCUT2D eigenvalue weighted by Crippen LogP contribution is 2.31. The summed E-state index contributed by atoms with van der Waals surface area (Å²) >= 11 is 0. The molecule has 0 aliphatic heterocycles. The first-order valence-electron chi connectivity index (χ1n) is 8.18. The van der Waals surface area contributed by atoms with Gasteiger partial charge in [0.15, 0.2) is 0 Å². The zero-order valence-corrected chi connectivity index (χ0v) is 15.5. The fourth-order valence-electron chi connectivity index (χ4n) is 2.96. The average molecular weight is 350 g/mol. The van der Waals surface area contributed by atoms with Crippen LogP contribution in [0.25, 0.3) is 11.1 Å². The van der Waals surface area contributed by atoms with Gasteiger partial charge in [-0.1, -0.05) is 57.2 Å². The Hall–Kier alpha value is -1.39. The fraction of sp³-hybridized carbons (Fsp3) is 0.400. The van der Waals surface area contributed by atoms with Crippen LogP contribution < -0.4 is 18.1 Å². The number of halogens is 1. The third-order valence-electron chi connectivity index (χ3n) is 4.35. The monoisotopic (exact) mass is 349 g/mol. The normalized spacial score (nSPS) is 11.2. The fourth-order valence-corrected chi connectivity index (χ4v) is 2.96. The number of quaternary nitrogens is 1. The van der Waals surface area contributed by atoms with Gasteiger partial charge in [0.2, 0.25) is 0 Å². The first-order chi connectivity index (χ1) is 10.9. The second kappa shape index (κ2) is 8.63. The highest BCUT2D eigenvalue weighted by molar-refractivity contribution is 5.70. The molecule has 0 saturated carbocycles. The van der Waals surface area contributed by atoms with E-state index >= 15 is 0 Å². The van der Waals surface area contributed by atoms with Crippen LogP contribution in [0.4, 0.5) is 0 Å². The van der Waals surface area contributed by atoms with Gasteiger partial charge in [-0.15, -0.1) is 0 Å². The van der Waals surface area contributed by atoms with E-state index in [1.165, 1.54) is 5.56 Å². The van der Waals surface area contributed by atoms with Crippen molar-refractivity contribution in [1.82, 2.24) is 0 Å². The molecule has 0 saturated heterocycles. The molecule has 2 rings (SSSR count). The van der Waals surface area contributed by atoms with E-state index in [1.54, 1.807) is 0 Å². The van der Waals surface area contributed by atoms with Gasteiger partial charge in [0.25, 0.3) is 0 Å². The van der Waals surface area contributed by atoms with E-state index in [0.29, 0.717) is 0 Å². The lowest BCUT2D eigenvalue weighted by Crippen LogP contribution is -3.00. The summed E-state index contributed by atoms with van der Waals surface area (Å²) in [6.07, 6.45) is 0.812. The molecule has 5 N–H and O–H groups in total. The number of aliphatic hydroxyl groups is 2. The first-order valence-corrected chi connectivity index (χ1v) is 8.18. The highest BCUT2D eigenvalue weighted by atomic mass is 35.5. The third-order valence-corrected chi connectivity index (χ3v) is 4.35. The summed E-state index contributed by atoms with van der Waals surface area (Å²) in [5, 5.41) is 19.6. The van der Waals surface area contributed by atoms with Crippen LogP contribution in [0.15, 0.2) is 36.4 Å². The molecule has 0 amide bonds. The van der Waals surface area contributed by atoms with Gasteiger partial charge in [0.1, 0.15) is 0 Å². The van der Waals surface area contributed by atoms with E-state index in [4.69, 9.17) is 0 Å². The average Bonchev–Trinajstić information content (AvgIpc) is 2.53. The van der Waals surface area contributed by atoms with Crippen LogP contribution >= 0.6 is 0 Å². The molecule has 0 aliphatic rings. The lowest BCUT2D eigenvalue weighted by atomic mass is 9.85. The van der Waals surface area contributed by atoms with Gasteiger partial charge in [-0.25, -0.2) is 0 Å². The Balaban J connectivity index is 0.00000288. The molecule has 4 heteroatoms. The van der Waals surface area contributed by atoms with Crippen LogP contribution in [0.3, 0.4) is 0 Å². The molecule has 0 atom stereocenters. The van der Waals surface area contributed by atoms with Gasteiger partial charge in [0, 0.05) is 6.42 Å². The SMILES string of the molecule is CC(C)(C)c1ccc(-c2ccc(CC[NH3+])c(CO)c2CO)cc1.[Cl-]. The maximum absolute atomic E-state index is 9.84. The van der Waals surface area contributed by atoms with Gasteiger partial charge >= 0.3 is 0 Å². The second-order valence-electron chi connectivity index (χ2n) is 6.98. The zero-order chi connectivity index (χ0) is 17.0. The highest BCUT2D eigenvalue weighted by Gasteiger charge is 2.16. The van der Waals surface area contributed by atoms with Crippen molar-refractivity contribution in [2.24, 2.45) is 0 Å². The number of hydrogen-bond donors (Lipinski definition) is 3. The molecule has 0 radical (unpaired) electrons. The summed E-state index contributed by atoms with van der Waals surface area (Å²) in [7, 11) is 0. The Morgan fingerprint density at radius 3 is 1.92 bits per heavy atom. The summed E-state index contributed by atoms with van der Waals surface area (Å²) in [6, 6.07) is 12.6. The minimum Gasteiger partial charge on any atom is -1.00 e. The van der Waals surface area contributed by atoms with Crippen molar-refractivity contribution >= 4 is 0 Å². The van der Waals surface area contributed by atoms with Crippen molar-refractivity contribution in [2.75, 3.05) is 6.54 Å². The largest absolute Gasteiger partial charge is 1.00 e. The van der Waals surface area contributed by atoms with E-state index in [-0.39, 0.29) is 31.0 Å².